The van der Waals surface area contributed by atoms with E-state index in [9.17, 15) is 4.79 Å². The Bertz CT molecular complexity index is 1030. The molecule has 1 aliphatic heterocycles. The third-order valence-corrected chi connectivity index (χ3v) is 5.74. The van der Waals surface area contributed by atoms with Crippen molar-refractivity contribution >= 4 is 5.91 Å². The van der Waals surface area contributed by atoms with Gasteiger partial charge in [0.1, 0.15) is 11.5 Å². The molecule has 0 aliphatic carbocycles. The lowest BCUT2D eigenvalue weighted by Gasteiger charge is -2.31. The Hall–Kier alpha value is -3.39. The minimum absolute atomic E-state index is 0.00565. The van der Waals surface area contributed by atoms with Crippen LogP contribution in [0.3, 0.4) is 0 Å². The van der Waals surface area contributed by atoms with E-state index in [2.05, 4.69) is 44.6 Å². The molecule has 32 heavy (non-hydrogen) atoms. The molecule has 1 aliphatic rings. The van der Waals surface area contributed by atoms with Gasteiger partial charge < -0.3 is 19.3 Å². The second-order valence-corrected chi connectivity index (χ2v) is 7.83. The van der Waals surface area contributed by atoms with Gasteiger partial charge in [-0.15, -0.1) is 0 Å². The fourth-order valence-electron chi connectivity index (χ4n) is 3.92. The van der Waals surface area contributed by atoms with Gasteiger partial charge in [0.15, 0.2) is 0 Å². The average Bonchev–Trinajstić information content (AvgIpc) is 3.32. The van der Waals surface area contributed by atoms with E-state index >= 15 is 0 Å². The van der Waals surface area contributed by atoms with Crippen molar-refractivity contribution in [3.8, 4) is 22.9 Å². The van der Waals surface area contributed by atoms with Gasteiger partial charge in [-0.25, -0.2) is 0 Å². The molecule has 0 radical (unpaired) electrons. The first-order chi connectivity index (χ1) is 15.7. The zero-order valence-electron chi connectivity index (χ0n) is 18.4. The fraction of sp³-hybridized carbons (Fsp3) is 0.375. The normalized spacial score (nSPS) is 14.8. The van der Waals surface area contributed by atoms with E-state index in [0.717, 1.165) is 32.5 Å². The lowest BCUT2D eigenvalue weighted by atomic mass is 9.95. The largest absolute Gasteiger partial charge is 0.497 e. The molecule has 168 valence electrons. The molecule has 0 saturated carbocycles. The number of aromatic nitrogens is 2. The Morgan fingerprint density at radius 1 is 1.12 bits per heavy atom. The molecule has 4 rings (SSSR count). The molecule has 1 N–H and O–H groups in total. The minimum atomic E-state index is 0.00565. The quantitative estimate of drug-likeness (QED) is 0.580. The standard InChI is InChI=1S/C24H28N4O4/c1-30-19-8-9-20(21(14-19)31-2)23-26-22(32-27-23)15-25-24(29)18-10-12-28(13-11-18)16-17-6-4-3-5-7-17/h3-9,14,18H,10-13,15-16H2,1-2H3,(H,25,29). The van der Waals surface area contributed by atoms with Gasteiger partial charge in [-0.3, -0.25) is 9.69 Å². The highest BCUT2D eigenvalue weighted by Gasteiger charge is 2.25. The Kier molecular flexibility index (Phi) is 7.01. The SMILES string of the molecule is COc1ccc(-c2noc(CNC(=O)C3CCN(Cc4ccccc4)CC3)n2)c(OC)c1. The van der Waals surface area contributed by atoms with E-state index in [0.29, 0.717) is 28.8 Å². The highest BCUT2D eigenvalue weighted by Crippen LogP contribution is 2.31. The van der Waals surface area contributed by atoms with Crippen molar-refractivity contribution in [2.75, 3.05) is 27.3 Å². The van der Waals surface area contributed by atoms with Crippen LogP contribution >= 0.6 is 0 Å². The van der Waals surface area contributed by atoms with Crippen molar-refractivity contribution in [3.63, 3.8) is 0 Å². The molecule has 0 atom stereocenters. The van der Waals surface area contributed by atoms with Gasteiger partial charge in [0, 0.05) is 18.5 Å². The highest BCUT2D eigenvalue weighted by molar-refractivity contribution is 5.78. The number of nitrogens with zero attached hydrogens (tertiary/aromatic N) is 3. The number of benzene rings is 2. The molecule has 0 unspecified atom stereocenters. The lowest BCUT2D eigenvalue weighted by Crippen LogP contribution is -2.40. The van der Waals surface area contributed by atoms with Crippen molar-refractivity contribution in [2.24, 2.45) is 5.92 Å². The van der Waals surface area contributed by atoms with E-state index in [4.69, 9.17) is 14.0 Å². The van der Waals surface area contributed by atoms with E-state index in [1.807, 2.05) is 12.1 Å². The van der Waals surface area contributed by atoms with Crippen LogP contribution in [0.1, 0.15) is 24.3 Å². The maximum Gasteiger partial charge on any atom is 0.246 e. The Balaban J connectivity index is 1.28. The fourth-order valence-corrected chi connectivity index (χ4v) is 3.92. The maximum atomic E-state index is 12.6. The van der Waals surface area contributed by atoms with Crippen LogP contribution in [-0.4, -0.2) is 48.3 Å². The van der Waals surface area contributed by atoms with Gasteiger partial charge in [-0.2, -0.15) is 4.98 Å². The van der Waals surface area contributed by atoms with Crippen LogP contribution in [0.5, 0.6) is 11.5 Å². The Morgan fingerprint density at radius 3 is 2.62 bits per heavy atom. The molecule has 1 fully saturated rings. The number of rotatable bonds is 8. The summed E-state index contributed by atoms with van der Waals surface area (Å²) < 4.78 is 15.9. The molecular weight excluding hydrogens is 408 g/mol. The molecule has 1 saturated heterocycles. The molecule has 0 bridgehead atoms. The van der Waals surface area contributed by atoms with Crippen molar-refractivity contribution in [2.45, 2.75) is 25.9 Å². The summed E-state index contributed by atoms with van der Waals surface area (Å²) in [5.74, 6) is 2.06. The highest BCUT2D eigenvalue weighted by atomic mass is 16.5. The molecule has 1 amide bonds. The second-order valence-electron chi connectivity index (χ2n) is 7.83. The van der Waals surface area contributed by atoms with Crippen LogP contribution in [0.15, 0.2) is 53.1 Å². The summed E-state index contributed by atoms with van der Waals surface area (Å²) in [6.45, 7) is 2.95. The topological polar surface area (TPSA) is 89.7 Å². The Morgan fingerprint density at radius 2 is 1.91 bits per heavy atom. The van der Waals surface area contributed by atoms with Gasteiger partial charge in [-0.1, -0.05) is 35.5 Å². The molecule has 3 aromatic rings. The number of methoxy groups -OCH3 is 2. The summed E-state index contributed by atoms with van der Waals surface area (Å²) >= 11 is 0. The summed E-state index contributed by atoms with van der Waals surface area (Å²) in [4.78, 5) is 19.4. The summed E-state index contributed by atoms with van der Waals surface area (Å²) in [6, 6.07) is 15.8. The lowest BCUT2D eigenvalue weighted by molar-refractivity contribution is -0.126. The summed E-state index contributed by atoms with van der Waals surface area (Å²) in [5.41, 5.74) is 2.00. The van der Waals surface area contributed by atoms with Crippen LogP contribution in [-0.2, 0) is 17.9 Å². The first kappa shape index (κ1) is 21.8. The van der Waals surface area contributed by atoms with E-state index in [-0.39, 0.29) is 18.4 Å². The first-order valence-corrected chi connectivity index (χ1v) is 10.7. The maximum absolute atomic E-state index is 12.6. The van der Waals surface area contributed by atoms with Crippen LogP contribution in [0.25, 0.3) is 11.4 Å². The van der Waals surface area contributed by atoms with Crippen LogP contribution in [0.4, 0.5) is 0 Å². The molecule has 8 heteroatoms. The van der Waals surface area contributed by atoms with Crippen molar-refractivity contribution in [3.05, 3.63) is 60.0 Å². The predicted molar refractivity (Wildman–Crippen MR) is 119 cm³/mol. The summed E-state index contributed by atoms with van der Waals surface area (Å²) in [5, 5.41) is 6.97. The number of hydrogen-bond acceptors (Lipinski definition) is 7. The molecule has 2 aromatic carbocycles. The third kappa shape index (κ3) is 5.26. The average molecular weight is 437 g/mol. The van der Waals surface area contributed by atoms with Gasteiger partial charge in [0.2, 0.25) is 17.6 Å². The monoisotopic (exact) mass is 436 g/mol. The van der Waals surface area contributed by atoms with Gasteiger partial charge >= 0.3 is 0 Å². The number of likely N-dealkylation sites (tertiary alicyclic amines) is 1. The number of amides is 1. The Labute approximate surface area is 187 Å². The second kappa shape index (κ2) is 10.3. The molecule has 1 aromatic heterocycles. The van der Waals surface area contributed by atoms with Gasteiger partial charge in [0.25, 0.3) is 0 Å². The molecule has 0 spiro atoms. The number of carbonyl (C=O) groups excluding carboxylic acids is 1. The summed E-state index contributed by atoms with van der Waals surface area (Å²) in [6.07, 6.45) is 1.69. The van der Waals surface area contributed by atoms with Crippen molar-refractivity contribution in [1.82, 2.24) is 20.4 Å². The van der Waals surface area contributed by atoms with Gasteiger partial charge in [-0.05, 0) is 43.6 Å². The van der Waals surface area contributed by atoms with Crippen molar-refractivity contribution < 1.29 is 18.8 Å². The van der Waals surface area contributed by atoms with Gasteiger partial charge in [0.05, 0.1) is 26.3 Å². The predicted octanol–water partition coefficient (Wildman–Crippen LogP) is 3.28. The number of hydrogen-bond donors (Lipinski definition) is 1. The van der Waals surface area contributed by atoms with E-state index < -0.39 is 0 Å². The van der Waals surface area contributed by atoms with Crippen LogP contribution < -0.4 is 14.8 Å². The molecular formula is C24H28N4O4. The number of carbonyl (C=O) groups is 1. The van der Waals surface area contributed by atoms with E-state index in [1.54, 1.807) is 26.4 Å². The zero-order valence-corrected chi connectivity index (χ0v) is 18.4. The smallest absolute Gasteiger partial charge is 0.246 e. The molecule has 8 nitrogen and oxygen atoms in total. The third-order valence-electron chi connectivity index (χ3n) is 5.74. The minimum Gasteiger partial charge on any atom is -0.497 e. The van der Waals surface area contributed by atoms with Crippen molar-refractivity contribution in [1.29, 1.82) is 0 Å². The number of ether oxygens (including phenoxy) is 2. The summed E-state index contributed by atoms with van der Waals surface area (Å²) in [7, 11) is 3.17. The van der Waals surface area contributed by atoms with Crippen LogP contribution in [0, 0.1) is 5.92 Å². The number of piperidine rings is 1. The zero-order chi connectivity index (χ0) is 22.3. The molecule has 2 heterocycles. The van der Waals surface area contributed by atoms with E-state index in [1.165, 1.54) is 5.56 Å². The number of nitrogens with one attached hydrogen (secondary N) is 1. The van der Waals surface area contributed by atoms with Crippen LogP contribution in [0.2, 0.25) is 0 Å². The first-order valence-electron chi connectivity index (χ1n) is 10.7.